The quantitative estimate of drug-likeness (QED) is 0.167. The molecular weight excluding hydrogens is 457 g/mol. The fraction of sp³-hybridized carbons (Fsp3) is 0.929. The number of hydrogen-bond donors (Lipinski definition) is 1. The number of ether oxygens (including phenoxy) is 1. The lowest BCUT2D eigenvalue weighted by Gasteiger charge is -2.05. The highest BCUT2D eigenvalue weighted by molar-refractivity contribution is 8.26. The summed E-state index contributed by atoms with van der Waals surface area (Å²) in [6, 6.07) is 0. The highest BCUT2D eigenvalue weighted by Gasteiger charge is 2.03. The topological polar surface area (TPSA) is 63.6 Å². The Hall–Kier alpha value is 1.68. The van der Waals surface area contributed by atoms with E-state index >= 15 is 0 Å². The Balaban J connectivity index is 3.20. The van der Waals surface area contributed by atoms with Crippen LogP contribution in [0.3, 0.4) is 0 Å². The predicted octanol–water partition coefficient (Wildman–Crippen LogP) is 3.52. The number of carbonyl (C=O) groups excluding carboxylic acids is 1. The van der Waals surface area contributed by atoms with Crippen LogP contribution in [0.5, 0.6) is 0 Å². The standard InChI is InChI=1S/C14H28O4S7/c1-2-19-13-25(17)8-7-21-10-23-12-24-11-22-9-14(16)18-4-6-20-5-3-15/h15H,2-13H2,1H3. The number of carbonyl (C=O) groups is 1. The van der Waals surface area contributed by atoms with E-state index < -0.39 is 10.8 Å². The molecule has 0 aliphatic carbocycles. The van der Waals surface area contributed by atoms with E-state index in [4.69, 9.17) is 9.84 Å². The summed E-state index contributed by atoms with van der Waals surface area (Å²) in [7, 11) is -0.673. The lowest BCUT2D eigenvalue weighted by Crippen LogP contribution is -2.10. The zero-order chi connectivity index (χ0) is 18.6. The largest absolute Gasteiger partial charge is 0.464 e. The van der Waals surface area contributed by atoms with Gasteiger partial charge >= 0.3 is 5.97 Å². The van der Waals surface area contributed by atoms with Gasteiger partial charge in [-0.1, -0.05) is 6.92 Å². The molecule has 0 aromatic heterocycles. The first-order valence-corrected chi connectivity index (χ1v) is 16.2. The predicted molar refractivity (Wildman–Crippen MR) is 126 cm³/mol. The second kappa shape index (κ2) is 22.0. The number of thioether (sulfide) groups is 6. The number of esters is 1. The molecule has 0 aliphatic rings. The number of rotatable bonds is 19. The van der Waals surface area contributed by atoms with Gasteiger partial charge in [0.2, 0.25) is 0 Å². The maximum absolute atomic E-state index is 11.6. The highest BCUT2D eigenvalue weighted by atomic mass is 32.3. The second-order valence-corrected chi connectivity index (χ2v) is 13.9. The van der Waals surface area contributed by atoms with Crippen molar-refractivity contribution in [3.63, 3.8) is 0 Å². The van der Waals surface area contributed by atoms with Crippen molar-refractivity contribution in [3.05, 3.63) is 0 Å². The minimum atomic E-state index is -0.673. The van der Waals surface area contributed by atoms with E-state index in [1.54, 1.807) is 35.3 Å². The molecule has 0 bridgehead atoms. The first-order chi connectivity index (χ1) is 12.2. The molecule has 0 saturated carbocycles. The summed E-state index contributed by atoms with van der Waals surface area (Å²) in [5.74, 6) is 4.46. The van der Waals surface area contributed by atoms with Gasteiger partial charge in [0.25, 0.3) is 0 Å². The molecule has 1 atom stereocenters. The summed E-state index contributed by atoms with van der Waals surface area (Å²) < 4.78 is 16.7. The molecule has 0 radical (unpaired) electrons. The van der Waals surface area contributed by atoms with Gasteiger partial charge < -0.3 is 9.84 Å². The van der Waals surface area contributed by atoms with Crippen LogP contribution in [-0.4, -0.2) is 83.4 Å². The fourth-order valence-electron chi connectivity index (χ4n) is 1.24. The Kier molecular flexibility index (Phi) is 23.5. The first kappa shape index (κ1) is 26.7. The van der Waals surface area contributed by atoms with Crippen LogP contribution in [0.2, 0.25) is 0 Å². The van der Waals surface area contributed by atoms with Gasteiger partial charge in [-0.2, -0.15) is 23.5 Å². The molecule has 11 heteroatoms. The van der Waals surface area contributed by atoms with Crippen molar-refractivity contribution in [2.45, 2.75) is 6.92 Å². The van der Waals surface area contributed by atoms with Crippen molar-refractivity contribution in [1.82, 2.24) is 0 Å². The molecule has 4 nitrogen and oxygen atoms in total. The third-order valence-electron chi connectivity index (χ3n) is 2.32. The van der Waals surface area contributed by atoms with E-state index in [1.807, 2.05) is 35.3 Å². The van der Waals surface area contributed by atoms with E-state index in [1.165, 1.54) is 0 Å². The van der Waals surface area contributed by atoms with Crippen LogP contribution in [0.25, 0.3) is 0 Å². The molecule has 0 aliphatic heterocycles. The van der Waals surface area contributed by atoms with Crippen LogP contribution in [0, 0.1) is 0 Å². The van der Waals surface area contributed by atoms with Crippen molar-refractivity contribution in [1.29, 1.82) is 0 Å². The monoisotopic (exact) mass is 484 g/mol. The molecular formula is C14H28O4S7. The lowest BCUT2D eigenvalue weighted by molar-refractivity contribution is -0.139. The van der Waals surface area contributed by atoms with Gasteiger partial charge in [-0.3, -0.25) is 9.00 Å². The molecule has 0 heterocycles. The summed E-state index contributed by atoms with van der Waals surface area (Å²) in [5.41, 5.74) is 0. The minimum absolute atomic E-state index is 0.160. The number of hydrogen-bond acceptors (Lipinski definition) is 10. The van der Waals surface area contributed by atoms with E-state index in [0.717, 1.165) is 43.4 Å². The highest BCUT2D eigenvalue weighted by Crippen LogP contribution is 2.21. The summed E-state index contributed by atoms with van der Waals surface area (Å²) in [5, 5.41) is 12.3. The molecule has 0 aromatic rings. The zero-order valence-corrected chi connectivity index (χ0v) is 20.2. The second-order valence-electron chi connectivity index (χ2n) is 4.33. The van der Waals surface area contributed by atoms with Gasteiger partial charge in [-0.05, 0) is 5.75 Å². The minimum Gasteiger partial charge on any atom is -0.464 e. The van der Waals surface area contributed by atoms with E-state index in [0.29, 0.717) is 18.1 Å². The molecule has 25 heavy (non-hydrogen) atoms. The van der Waals surface area contributed by atoms with Crippen molar-refractivity contribution in [2.24, 2.45) is 0 Å². The van der Waals surface area contributed by atoms with Crippen molar-refractivity contribution in [3.8, 4) is 0 Å². The third-order valence-corrected chi connectivity index (χ3v) is 11.2. The van der Waals surface area contributed by atoms with Crippen LogP contribution >= 0.6 is 70.6 Å². The maximum atomic E-state index is 11.6. The lowest BCUT2D eigenvalue weighted by atomic mass is 10.8. The Morgan fingerprint density at radius 3 is 2.40 bits per heavy atom. The van der Waals surface area contributed by atoms with Crippen LogP contribution in [0.1, 0.15) is 6.92 Å². The third kappa shape index (κ3) is 21.8. The molecule has 0 spiro atoms. The molecule has 1 N–H and O–H groups in total. The van der Waals surface area contributed by atoms with E-state index in [9.17, 15) is 9.00 Å². The Morgan fingerprint density at radius 2 is 1.68 bits per heavy atom. The van der Waals surface area contributed by atoms with Crippen LogP contribution in [-0.2, 0) is 20.3 Å². The summed E-state index contributed by atoms with van der Waals surface area (Å²) >= 11 is 10.4. The smallest absolute Gasteiger partial charge is 0.315 e. The SMILES string of the molecule is CCSCS(=O)CCSCSCSCSCC(=O)OCCSCCO. The molecule has 0 rings (SSSR count). The van der Waals surface area contributed by atoms with Crippen molar-refractivity contribution < 1.29 is 18.8 Å². The Bertz CT molecular complexity index is 334. The molecule has 0 amide bonds. The Morgan fingerprint density at radius 1 is 0.960 bits per heavy atom. The van der Waals surface area contributed by atoms with Crippen LogP contribution in [0.15, 0.2) is 0 Å². The molecule has 0 fully saturated rings. The van der Waals surface area contributed by atoms with Crippen molar-refractivity contribution >= 4 is 87.3 Å². The fourth-order valence-corrected chi connectivity index (χ4v) is 9.11. The van der Waals surface area contributed by atoms with Gasteiger partial charge in [-0.15, -0.1) is 47.0 Å². The van der Waals surface area contributed by atoms with E-state index in [-0.39, 0.29) is 12.6 Å². The first-order valence-electron chi connectivity index (χ1n) is 7.78. The average molecular weight is 485 g/mol. The molecule has 150 valence electrons. The van der Waals surface area contributed by atoms with Gasteiger partial charge in [-0.25, -0.2) is 0 Å². The summed E-state index contributed by atoms with van der Waals surface area (Å²) in [6.07, 6.45) is 0. The molecule has 0 saturated heterocycles. The van der Waals surface area contributed by atoms with Gasteiger partial charge in [0.05, 0.1) is 17.4 Å². The van der Waals surface area contributed by atoms with Crippen LogP contribution in [0.4, 0.5) is 0 Å². The van der Waals surface area contributed by atoms with Crippen molar-refractivity contribution in [2.75, 3.05) is 68.1 Å². The van der Waals surface area contributed by atoms with Gasteiger partial charge in [0.1, 0.15) is 6.61 Å². The molecule has 1 unspecified atom stereocenters. The van der Waals surface area contributed by atoms with Crippen LogP contribution < -0.4 is 0 Å². The summed E-state index contributed by atoms with van der Waals surface area (Å²) in [6.45, 7) is 2.68. The normalized spacial score (nSPS) is 12.2. The maximum Gasteiger partial charge on any atom is 0.315 e. The average Bonchev–Trinajstić information content (AvgIpc) is 2.61. The van der Waals surface area contributed by atoms with E-state index in [2.05, 4.69) is 6.92 Å². The molecule has 0 aromatic carbocycles. The van der Waals surface area contributed by atoms with Gasteiger partial charge in [0, 0.05) is 49.1 Å². The number of aliphatic hydroxyl groups excluding tert-OH is 1. The summed E-state index contributed by atoms with van der Waals surface area (Å²) in [4.78, 5) is 11.5. The van der Waals surface area contributed by atoms with Gasteiger partial charge in [0.15, 0.2) is 0 Å². The Labute approximate surface area is 180 Å². The number of aliphatic hydroxyl groups is 1. The zero-order valence-electron chi connectivity index (χ0n) is 14.5.